The Kier molecular flexibility index (Phi) is 4.76. The Labute approximate surface area is 224 Å². The summed E-state index contributed by atoms with van der Waals surface area (Å²) in [4.78, 5) is 4.01. The van der Waals surface area contributed by atoms with Crippen molar-refractivity contribution in [3.05, 3.63) is 133 Å². The van der Waals surface area contributed by atoms with Crippen molar-refractivity contribution in [1.29, 1.82) is 0 Å². The summed E-state index contributed by atoms with van der Waals surface area (Å²) >= 11 is 0. The summed E-state index contributed by atoms with van der Waals surface area (Å²) in [5, 5.41) is 14.0. The third-order valence-electron chi connectivity index (χ3n) is 7.23. The lowest BCUT2D eigenvalue weighted by Crippen LogP contribution is -2.10. The minimum atomic E-state index is 0.859. The van der Waals surface area contributed by atoms with Gasteiger partial charge in [0.1, 0.15) is 22.2 Å². The summed E-state index contributed by atoms with van der Waals surface area (Å²) in [6.07, 6.45) is 0. The lowest BCUT2D eigenvalue weighted by Gasteiger charge is -2.26. The fraction of sp³-hybridized carbons (Fsp3) is 0. The number of para-hydroxylation sites is 3. The Balaban J connectivity index is 1.39. The second-order valence-corrected chi connectivity index (χ2v) is 9.58. The zero-order chi connectivity index (χ0) is 25.8. The second kappa shape index (κ2) is 8.57. The highest BCUT2D eigenvalue weighted by atomic mass is 16.3. The van der Waals surface area contributed by atoms with Crippen LogP contribution >= 0.6 is 0 Å². The lowest BCUT2D eigenvalue weighted by atomic mass is 10.0. The second-order valence-electron chi connectivity index (χ2n) is 9.58. The van der Waals surface area contributed by atoms with Crippen LogP contribution in [0.15, 0.2) is 138 Å². The molecule has 0 saturated carbocycles. The van der Waals surface area contributed by atoms with E-state index in [9.17, 15) is 0 Å². The normalized spacial score (nSPS) is 11.6. The van der Waals surface area contributed by atoms with Crippen LogP contribution in [0.5, 0.6) is 0 Å². The summed E-state index contributed by atoms with van der Waals surface area (Å²) in [6, 6.07) is 45.6. The van der Waals surface area contributed by atoms with Crippen LogP contribution in [0, 0.1) is 0 Å². The molecule has 5 heteroatoms. The van der Waals surface area contributed by atoms with Crippen molar-refractivity contribution in [3.8, 4) is 5.69 Å². The largest absolute Gasteiger partial charge is 0.456 e. The Morgan fingerprint density at radius 1 is 0.564 bits per heavy atom. The molecule has 2 aromatic heterocycles. The van der Waals surface area contributed by atoms with Crippen LogP contribution in [0.1, 0.15) is 0 Å². The molecule has 0 fully saturated rings. The average Bonchev–Trinajstić information content (AvgIpc) is 3.61. The predicted octanol–water partition coefficient (Wildman–Crippen LogP) is 8.94. The minimum absolute atomic E-state index is 0.859. The molecule has 0 aliphatic rings. The first-order valence-electron chi connectivity index (χ1n) is 12.9. The lowest BCUT2D eigenvalue weighted by molar-refractivity contribution is 0.669. The molecule has 0 aliphatic carbocycles. The van der Waals surface area contributed by atoms with Crippen LogP contribution in [0.25, 0.3) is 49.4 Å². The van der Waals surface area contributed by atoms with Crippen molar-refractivity contribution >= 4 is 60.8 Å². The number of furan rings is 1. The molecule has 0 radical (unpaired) electrons. The van der Waals surface area contributed by atoms with E-state index in [2.05, 4.69) is 77.7 Å². The SMILES string of the molecule is c1ccc(N(c2ccc3ccc4nn(-c5ccccc5)nc4c3c2)c2cccc3oc4ccccc4c23)cc1. The number of nitrogens with zero attached hydrogens (tertiary/aromatic N) is 4. The number of rotatable bonds is 4. The smallest absolute Gasteiger partial charge is 0.137 e. The molecular weight excluding hydrogens is 480 g/mol. The van der Waals surface area contributed by atoms with Gasteiger partial charge in [-0.05, 0) is 66.0 Å². The van der Waals surface area contributed by atoms with Gasteiger partial charge in [0.05, 0.1) is 16.8 Å². The Hall–Kier alpha value is -5.42. The molecule has 8 aromatic rings. The first-order chi connectivity index (χ1) is 19.3. The summed E-state index contributed by atoms with van der Waals surface area (Å²) in [6.45, 7) is 0. The van der Waals surface area contributed by atoms with Crippen molar-refractivity contribution in [3.63, 3.8) is 0 Å². The van der Waals surface area contributed by atoms with E-state index in [1.165, 1.54) is 0 Å². The first-order valence-corrected chi connectivity index (χ1v) is 12.9. The van der Waals surface area contributed by atoms with E-state index in [1.807, 2.05) is 60.7 Å². The molecule has 0 unspecified atom stereocenters. The Morgan fingerprint density at radius 3 is 2.18 bits per heavy atom. The van der Waals surface area contributed by atoms with Crippen molar-refractivity contribution in [2.45, 2.75) is 0 Å². The van der Waals surface area contributed by atoms with Crippen LogP contribution in [0.3, 0.4) is 0 Å². The fourth-order valence-corrected chi connectivity index (χ4v) is 5.45. The third kappa shape index (κ3) is 3.48. The highest BCUT2D eigenvalue weighted by Gasteiger charge is 2.20. The van der Waals surface area contributed by atoms with Crippen molar-refractivity contribution in [1.82, 2.24) is 15.0 Å². The van der Waals surface area contributed by atoms with Gasteiger partial charge in [0.15, 0.2) is 0 Å². The Bertz CT molecular complexity index is 2130. The van der Waals surface area contributed by atoms with Gasteiger partial charge in [-0.15, -0.1) is 10.2 Å². The fourth-order valence-electron chi connectivity index (χ4n) is 5.45. The molecule has 5 nitrogen and oxygen atoms in total. The molecule has 6 aromatic carbocycles. The maximum absolute atomic E-state index is 6.24. The molecule has 0 amide bonds. The molecule has 2 heterocycles. The zero-order valence-electron chi connectivity index (χ0n) is 20.9. The van der Waals surface area contributed by atoms with Gasteiger partial charge in [0.2, 0.25) is 0 Å². The molecule has 0 aliphatic heterocycles. The summed E-state index contributed by atoms with van der Waals surface area (Å²) in [5.41, 5.74) is 7.57. The van der Waals surface area contributed by atoms with E-state index in [1.54, 1.807) is 4.80 Å². The number of hydrogen-bond donors (Lipinski definition) is 0. The van der Waals surface area contributed by atoms with E-state index >= 15 is 0 Å². The molecule has 0 saturated heterocycles. The van der Waals surface area contributed by atoms with Gasteiger partial charge in [-0.3, -0.25) is 0 Å². The summed E-state index contributed by atoms with van der Waals surface area (Å²) < 4.78 is 6.24. The molecule has 0 N–H and O–H groups in total. The van der Waals surface area contributed by atoms with Gasteiger partial charge >= 0.3 is 0 Å². The van der Waals surface area contributed by atoms with Crippen molar-refractivity contribution in [2.24, 2.45) is 0 Å². The molecular formula is C34H22N4O. The Morgan fingerprint density at radius 2 is 1.31 bits per heavy atom. The van der Waals surface area contributed by atoms with Crippen LogP contribution in [0.4, 0.5) is 17.1 Å². The number of hydrogen-bond acceptors (Lipinski definition) is 4. The number of benzene rings is 6. The molecule has 8 rings (SSSR count). The summed E-state index contributed by atoms with van der Waals surface area (Å²) in [7, 11) is 0. The highest BCUT2D eigenvalue weighted by Crippen LogP contribution is 2.43. The standard InChI is InChI=1S/C34H22N4O/c1-3-10-24(11-4-1)37(30-15-9-17-32-33(30)27-14-7-8-16-31(27)39-32)26-20-18-23-19-21-29-34(28(23)22-26)36-38(35-29)25-12-5-2-6-13-25/h1-22H. The highest BCUT2D eigenvalue weighted by molar-refractivity contribution is 6.14. The minimum Gasteiger partial charge on any atom is -0.456 e. The number of fused-ring (bicyclic) bond motifs is 6. The monoisotopic (exact) mass is 502 g/mol. The molecule has 0 bridgehead atoms. The average molecular weight is 503 g/mol. The van der Waals surface area contributed by atoms with E-state index in [-0.39, 0.29) is 0 Å². The van der Waals surface area contributed by atoms with Gasteiger partial charge in [0.25, 0.3) is 0 Å². The van der Waals surface area contributed by atoms with Crippen molar-refractivity contribution < 1.29 is 4.42 Å². The van der Waals surface area contributed by atoms with E-state index in [0.717, 1.165) is 66.5 Å². The van der Waals surface area contributed by atoms with Gasteiger partial charge in [-0.25, -0.2) is 0 Å². The van der Waals surface area contributed by atoms with Crippen LogP contribution < -0.4 is 4.90 Å². The van der Waals surface area contributed by atoms with Crippen molar-refractivity contribution in [2.75, 3.05) is 4.90 Å². The quantitative estimate of drug-likeness (QED) is 0.241. The molecule has 39 heavy (non-hydrogen) atoms. The van der Waals surface area contributed by atoms with Crippen LogP contribution in [-0.2, 0) is 0 Å². The first kappa shape index (κ1) is 21.6. The number of anilines is 3. The predicted molar refractivity (Wildman–Crippen MR) is 158 cm³/mol. The van der Waals surface area contributed by atoms with Crippen LogP contribution in [0.2, 0.25) is 0 Å². The molecule has 0 atom stereocenters. The van der Waals surface area contributed by atoms with E-state index < -0.39 is 0 Å². The third-order valence-corrected chi connectivity index (χ3v) is 7.23. The van der Waals surface area contributed by atoms with Gasteiger partial charge in [0, 0.05) is 22.1 Å². The van der Waals surface area contributed by atoms with Gasteiger partial charge in [-0.1, -0.05) is 72.8 Å². The maximum Gasteiger partial charge on any atom is 0.137 e. The van der Waals surface area contributed by atoms with Crippen LogP contribution in [-0.4, -0.2) is 15.0 Å². The number of aromatic nitrogens is 3. The van der Waals surface area contributed by atoms with E-state index in [4.69, 9.17) is 14.6 Å². The molecule has 184 valence electrons. The van der Waals surface area contributed by atoms with E-state index in [0.29, 0.717) is 0 Å². The summed E-state index contributed by atoms with van der Waals surface area (Å²) in [5.74, 6) is 0. The molecule has 0 spiro atoms. The zero-order valence-corrected chi connectivity index (χ0v) is 20.9. The maximum atomic E-state index is 6.24. The topological polar surface area (TPSA) is 47.1 Å². The van der Waals surface area contributed by atoms with Gasteiger partial charge < -0.3 is 9.32 Å². The van der Waals surface area contributed by atoms with Gasteiger partial charge in [-0.2, -0.15) is 4.80 Å².